The number of benzodiazepines with no additional fused rings is 1. The highest BCUT2D eigenvalue weighted by molar-refractivity contribution is 6.19. The summed E-state index contributed by atoms with van der Waals surface area (Å²) in [5, 5.41) is 10.0. The standard InChI is InChI=1S/C17H16N2O2/c1-11-8-9-14-13(10-11)15(12-6-4-3-5-7-12)18-16(20)17(21)19(14)2/h3-10,16,20H,1-2H3. The van der Waals surface area contributed by atoms with Crippen LogP contribution in [-0.4, -0.2) is 30.0 Å². The van der Waals surface area contributed by atoms with Crippen molar-refractivity contribution in [1.29, 1.82) is 0 Å². The predicted octanol–water partition coefficient (Wildman–Crippen LogP) is 2.13. The Balaban J connectivity index is 2.27. The first-order valence-electron chi connectivity index (χ1n) is 6.78. The second kappa shape index (κ2) is 5.14. The summed E-state index contributed by atoms with van der Waals surface area (Å²) in [4.78, 5) is 17.8. The average molecular weight is 280 g/mol. The Morgan fingerprint density at radius 3 is 2.57 bits per heavy atom. The minimum absolute atomic E-state index is 0.425. The van der Waals surface area contributed by atoms with Gasteiger partial charge in [-0.25, -0.2) is 4.99 Å². The molecule has 2 aromatic rings. The maximum absolute atomic E-state index is 12.1. The van der Waals surface area contributed by atoms with E-state index >= 15 is 0 Å². The lowest BCUT2D eigenvalue weighted by Crippen LogP contribution is -2.34. The molecule has 1 unspecified atom stereocenters. The molecule has 0 bridgehead atoms. The van der Waals surface area contributed by atoms with Gasteiger partial charge >= 0.3 is 0 Å². The third kappa shape index (κ3) is 2.34. The first-order chi connectivity index (χ1) is 10.1. The highest BCUT2D eigenvalue weighted by Gasteiger charge is 2.28. The van der Waals surface area contributed by atoms with Crippen LogP contribution in [0.4, 0.5) is 5.69 Å². The van der Waals surface area contributed by atoms with Crippen LogP contribution in [0.15, 0.2) is 53.5 Å². The van der Waals surface area contributed by atoms with Crippen molar-refractivity contribution >= 4 is 17.3 Å². The van der Waals surface area contributed by atoms with Gasteiger partial charge in [-0.3, -0.25) is 4.79 Å². The number of aliphatic hydroxyl groups is 1. The number of carbonyl (C=O) groups excluding carboxylic acids is 1. The van der Waals surface area contributed by atoms with E-state index in [0.29, 0.717) is 5.71 Å². The van der Waals surface area contributed by atoms with E-state index in [1.807, 2.05) is 55.5 Å². The van der Waals surface area contributed by atoms with E-state index in [-0.39, 0.29) is 0 Å². The van der Waals surface area contributed by atoms with Crippen LogP contribution in [0, 0.1) is 6.92 Å². The Kier molecular flexibility index (Phi) is 3.31. The van der Waals surface area contributed by atoms with Crippen molar-refractivity contribution in [2.75, 3.05) is 11.9 Å². The summed E-state index contributed by atoms with van der Waals surface area (Å²) in [6, 6.07) is 15.4. The van der Waals surface area contributed by atoms with Gasteiger partial charge in [0.15, 0.2) is 0 Å². The third-order valence-electron chi connectivity index (χ3n) is 3.62. The van der Waals surface area contributed by atoms with Crippen LogP contribution in [0.1, 0.15) is 16.7 Å². The van der Waals surface area contributed by atoms with Crippen molar-refractivity contribution in [3.63, 3.8) is 0 Å². The Hall–Kier alpha value is -2.46. The van der Waals surface area contributed by atoms with E-state index < -0.39 is 12.1 Å². The summed E-state index contributed by atoms with van der Waals surface area (Å²) < 4.78 is 0. The van der Waals surface area contributed by atoms with Crippen molar-refractivity contribution < 1.29 is 9.90 Å². The molecule has 3 rings (SSSR count). The fraction of sp³-hybridized carbons (Fsp3) is 0.176. The molecule has 0 saturated carbocycles. The fourth-order valence-electron chi connectivity index (χ4n) is 2.50. The van der Waals surface area contributed by atoms with Gasteiger partial charge in [-0.2, -0.15) is 0 Å². The predicted molar refractivity (Wildman–Crippen MR) is 82.7 cm³/mol. The maximum atomic E-state index is 12.1. The average Bonchev–Trinajstić information content (AvgIpc) is 2.59. The number of aryl methyl sites for hydroxylation is 1. The molecule has 4 nitrogen and oxygen atoms in total. The maximum Gasteiger partial charge on any atom is 0.278 e. The molecule has 1 amide bonds. The van der Waals surface area contributed by atoms with E-state index in [0.717, 1.165) is 22.4 Å². The summed E-state index contributed by atoms with van der Waals surface area (Å²) in [6.07, 6.45) is -1.38. The number of hydrogen-bond donors (Lipinski definition) is 1. The number of aliphatic imine (C=N–C) groups is 1. The highest BCUT2D eigenvalue weighted by Crippen LogP contribution is 2.28. The molecule has 1 aliphatic heterocycles. The van der Waals surface area contributed by atoms with Gasteiger partial charge in [0.2, 0.25) is 6.23 Å². The van der Waals surface area contributed by atoms with Crippen LogP contribution in [0.5, 0.6) is 0 Å². The number of amides is 1. The number of nitrogens with zero attached hydrogens (tertiary/aromatic N) is 2. The second-order valence-corrected chi connectivity index (χ2v) is 5.14. The van der Waals surface area contributed by atoms with E-state index in [2.05, 4.69) is 4.99 Å². The van der Waals surface area contributed by atoms with Crippen molar-refractivity contribution in [2.45, 2.75) is 13.2 Å². The van der Waals surface area contributed by atoms with Crippen molar-refractivity contribution in [3.8, 4) is 0 Å². The van der Waals surface area contributed by atoms with Gasteiger partial charge in [-0.15, -0.1) is 0 Å². The lowest BCUT2D eigenvalue weighted by Gasteiger charge is -2.19. The number of benzene rings is 2. The van der Waals surface area contributed by atoms with Crippen LogP contribution in [-0.2, 0) is 4.79 Å². The summed E-state index contributed by atoms with van der Waals surface area (Å²) in [5.74, 6) is -0.425. The number of anilines is 1. The fourth-order valence-corrected chi connectivity index (χ4v) is 2.50. The molecule has 1 heterocycles. The van der Waals surface area contributed by atoms with Crippen LogP contribution in [0.25, 0.3) is 0 Å². The van der Waals surface area contributed by atoms with Gasteiger partial charge in [-0.05, 0) is 19.1 Å². The van der Waals surface area contributed by atoms with Crippen LogP contribution < -0.4 is 4.90 Å². The monoisotopic (exact) mass is 280 g/mol. The molecular weight excluding hydrogens is 264 g/mol. The van der Waals surface area contributed by atoms with Crippen molar-refractivity contribution in [2.24, 2.45) is 4.99 Å². The molecule has 0 fully saturated rings. The minimum Gasteiger partial charge on any atom is -0.364 e. The lowest BCUT2D eigenvalue weighted by atomic mass is 9.98. The SMILES string of the molecule is Cc1ccc2c(c1)C(c1ccccc1)=NC(O)C(=O)N2C. The van der Waals surface area contributed by atoms with Crippen molar-refractivity contribution in [1.82, 2.24) is 0 Å². The number of carbonyl (C=O) groups is 1. The number of hydrogen-bond acceptors (Lipinski definition) is 3. The van der Waals surface area contributed by atoms with Crippen LogP contribution in [0.2, 0.25) is 0 Å². The normalized spacial score (nSPS) is 18.0. The minimum atomic E-state index is -1.38. The molecule has 1 atom stereocenters. The van der Waals surface area contributed by atoms with E-state index in [1.165, 1.54) is 4.90 Å². The molecule has 2 aromatic carbocycles. The quantitative estimate of drug-likeness (QED) is 0.870. The van der Waals surface area contributed by atoms with Gasteiger partial charge in [0.05, 0.1) is 11.4 Å². The zero-order chi connectivity index (χ0) is 15.0. The smallest absolute Gasteiger partial charge is 0.278 e. The molecule has 0 aliphatic carbocycles. The molecule has 21 heavy (non-hydrogen) atoms. The second-order valence-electron chi connectivity index (χ2n) is 5.14. The molecular formula is C17H16N2O2. The number of likely N-dealkylation sites (N-methyl/N-ethyl adjacent to an activating group) is 1. The van der Waals surface area contributed by atoms with Crippen LogP contribution >= 0.6 is 0 Å². The first kappa shape index (κ1) is 13.5. The van der Waals surface area contributed by atoms with E-state index in [9.17, 15) is 9.90 Å². The Bertz CT molecular complexity index is 723. The number of rotatable bonds is 1. The largest absolute Gasteiger partial charge is 0.364 e. The summed E-state index contributed by atoms with van der Waals surface area (Å²) >= 11 is 0. The number of aliphatic hydroxyl groups excluding tert-OH is 1. The molecule has 4 heteroatoms. The summed E-state index contributed by atoms with van der Waals surface area (Å²) in [5.41, 5.74) is 4.21. The summed E-state index contributed by atoms with van der Waals surface area (Å²) in [7, 11) is 1.66. The molecule has 106 valence electrons. The zero-order valence-corrected chi connectivity index (χ0v) is 11.9. The van der Waals surface area contributed by atoms with Gasteiger partial charge < -0.3 is 10.0 Å². The molecule has 0 aromatic heterocycles. The first-order valence-corrected chi connectivity index (χ1v) is 6.78. The molecule has 0 radical (unpaired) electrons. The van der Waals surface area contributed by atoms with Crippen LogP contribution in [0.3, 0.4) is 0 Å². The molecule has 0 spiro atoms. The van der Waals surface area contributed by atoms with Gasteiger partial charge in [0.25, 0.3) is 5.91 Å². The Morgan fingerprint density at radius 2 is 1.86 bits per heavy atom. The lowest BCUT2D eigenvalue weighted by molar-refractivity contribution is -0.125. The van der Waals surface area contributed by atoms with Crippen molar-refractivity contribution in [3.05, 3.63) is 65.2 Å². The zero-order valence-electron chi connectivity index (χ0n) is 11.9. The molecule has 1 N–H and O–H groups in total. The highest BCUT2D eigenvalue weighted by atomic mass is 16.3. The van der Waals surface area contributed by atoms with E-state index in [1.54, 1.807) is 7.05 Å². The molecule has 1 aliphatic rings. The Labute approximate surface area is 123 Å². The van der Waals surface area contributed by atoms with Gasteiger partial charge in [0.1, 0.15) is 0 Å². The number of fused-ring (bicyclic) bond motifs is 1. The molecule has 0 saturated heterocycles. The topological polar surface area (TPSA) is 52.9 Å². The van der Waals surface area contributed by atoms with E-state index in [4.69, 9.17) is 0 Å². The third-order valence-corrected chi connectivity index (χ3v) is 3.62. The Morgan fingerprint density at radius 1 is 1.14 bits per heavy atom. The van der Waals surface area contributed by atoms with Gasteiger partial charge in [0, 0.05) is 18.2 Å². The summed E-state index contributed by atoms with van der Waals surface area (Å²) in [6.45, 7) is 1.99. The van der Waals surface area contributed by atoms with Gasteiger partial charge in [-0.1, -0.05) is 42.0 Å².